The molecule has 2 aromatic rings. The Kier molecular flexibility index (Phi) is 2.04. The van der Waals surface area contributed by atoms with Gasteiger partial charge in [-0.3, -0.25) is 0 Å². The van der Waals surface area contributed by atoms with E-state index in [1.807, 2.05) is 25.1 Å². The number of hydrogen-bond acceptors (Lipinski definition) is 2. The predicted octanol–water partition coefficient (Wildman–Crippen LogP) is 2.86. The number of phenols is 1. The Morgan fingerprint density at radius 1 is 1.14 bits per heavy atom. The summed E-state index contributed by atoms with van der Waals surface area (Å²) in [6.45, 7) is 1.99. The number of phenolic OH excluding ortho intramolecular Hbond substituents is 1. The molecule has 2 aromatic carbocycles. The van der Waals surface area contributed by atoms with E-state index < -0.39 is 0 Å². The zero-order valence-electron chi connectivity index (χ0n) is 8.24. The summed E-state index contributed by atoms with van der Waals surface area (Å²) in [6.07, 6.45) is 0. The zero-order chi connectivity index (χ0) is 10.1. The molecule has 0 spiro atoms. The first-order valence-corrected chi connectivity index (χ1v) is 4.48. The molecule has 72 valence electrons. The van der Waals surface area contributed by atoms with Gasteiger partial charge in [-0.2, -0.15) is 0 Å². The molecule has 0 saturated carbocycles. The van der Waals surface area contributed by atoms with Gasteiger partial charge in [0.15, 0.2) is 0 Å². The molecule has 2 rings (SSSR count). The summed E-state index contributed by atoms with van der Waals surface area (Å²) in [5.41, 5.74) is 1.06. The fourth-order valence-electron chi connectivity index (χ4n) is 1.66. The van der Waals surface area contributed by atoms with E-state index in [1.54, 1.807) is 19.2 Å². The van der Waals surface area contributed by atoms with Crippen molar-refractivity contribution in [1.82, 2.24) is 0 Å². The van der Waals surface area contributed by atoms with Crippen LogP contribution < -0.4 is 4.74 Å². The van der Waals surface area contributed by atoms with Crippen molar-refractivity contribution in [3.8, 4) is 11.5 Å². The van der Waals surface area contributed by atoms with Crippen LogP contribution in [0.25, 0.3) is 10.8 Å². The highest BCUT2D eigenvalue weighted by Gasteiger charge is 2.03. The van der Waals surface area contributed by atoms with Gasteiger partial charge in [0.1, 0.15) is 11.5 Å². The van der Waals surface area contributed by atoms with Crippen molar-refractivity contribution < 1.29 is 9.84 Å². The van der Waals surface area contributed by atoms with E-state index in [-0.39, 0.29) is 5.75 Å². The molecule has 0 heterocycles. The fourth-order valence-corrected chi connectivity index (χ4v) is 1.66. The molecule has 14 heavy (non-hydrogen) atoms. The maximum Gasteiger partial charge on any atom is 0.122 e. The highest BCUT2D eigenvalue weighted by Crippen LogP contribution is 2.29. The van der Waals surface area contributed by atoms with Crippen LogP contribution in [0.4, 0.5) is 0 Å². The van der Waals surface area contributed by atoms with Crippen molar-refractivity contribution in [1.29, 1.82) is 0 Å². The van der Waals surface area contributed by atoms with Crippen LogP contribution in [0.15, 0.2) is 30.3 Å². The van der Waals surface area contributed by atoms with Crippen LogP contribution in [-0.2, 0) is 0 Å². The second-order valence-electron chi connectivity index (χ2n) is 3.30. The van der Waals surface area contributed by atoms with Gasteiger partial charge in [0.25, 0.3) is 0 Å². The number of aromatic hydroxyl groups is 1. The molecule has 0 saturated heterocycles. The first-order chi connectivity index (χ1) is 6.72. The second-order valence-corrected chi connectivity index (χ2v) is 3.30. The maximum absolute atomic E-state index is 9.38. The molecule has 2 nitrogen and oxygen atoms in total. The van der Waals surface area contributed by atoms with Gasteiger partial charge >= 0.3 is 0 Å². The molecule has 0 amide bonds. The largest absolute Gasteiger partial charge is 0.508 e. The van der Waals surface area contributed by atoms with Crippen molar-refractivity contribution in [2.24, 2.45) is 0 Å². The third kappa shape index (κ3) is 1.29. The Bertz CT molecular complexity index is 475. The molecule has 0 aliphatic carbocycles. The summed E-state index contributed by atoms with van der Waals surface area (Å²) in [4.78, 5) is 0. The van der Waals surface area contributed by atoms with E-state index in [4.69, 9.17) is 4.74 Å². The molecule has 0 atom stereocenters. The van der Waals surface area contributed by atoms with Gasteiger partial charge in [-0.1, -0.05) is 12.1 Å². The van der Waals surface area contributed by atoms with Crippen LogP contribution in [0.3, 0.4) is 0 Å². The lowest BCUT2D eigenvalue weighted by Crippen LogP contribution is -1.87. The number of hydrogen-bond donors (Lipinski definition) is 1. The van der Waals surface area contributed by atoms with Crippen molar-refractivity contribution in [2.75, 3.05) is 7.11 Å². The van der Waals surface area contributed by atoms with Crippen LogP contribution in [0, 0.1) is 6.92 Å². The van der Waals surface area contributed by atoms with Crippen LogP contribution in [0.5, 0.6) is 11.5 Å². The summed E-state index contributed by atoms with van der Waals surface area (Å²) in [7, 11) is 1.65. The van der Waals surface area contributed by atoms with E-state index in [9.17, 15) is 5.11 Å². The smallest absolute Gasteiger partial charge is 0.122 e. The quantitative estimate of drug-likeness (QED) is 0.745. The minimum absolute atomic E-state index is 0.286. The van der Waals surface area contributed by atoms with Gasteiger partial charge in [0.2, 0.25) is 0 Å². The van der Waals surface area contributed by atoms with Gasteiger partial charge in [-0.25, -0.2) is 0 Å². The monoisotopic (exact) mass is 188 g/mol. The number of aryl methyl sites for hydroxylation is 1. The molecule has 0 aliphatic rings. The summed E-state index contributed by atoms with van der Waals surface area (Å²) >= 11 is 0. The number of ether oxygens (including phenoxy) is 1. The lowest BCUT2D eigenvalue weighted by molar-refractivity contribution is 0.412. The molecule has 0 aromatic heterocycles. The summed E-state index contributed by atoms with van der Waals surface area (Å²) in [5, 5.41) is 11.5. The molecule has 0 radical (unpaired) electrons. The van der Waals surface area contributed by atoms with Crippen LogP contribution in [-0.4, -0.2) is 12.2 Å². The average molecular weight is 188 g/mol. The third-order valence-electron chi connectivity index (χ3n) is 2.44. The van der Waals surface area contributed by atoms with Gasteiger partial charge < -0.3 is 9.84 Å². The molecule has 0 bridgehead atoms. The Morgan fingerprint density at radius 3 is 2.57 bits per heavy atom. The molecule has 0 unspecified atom stereocenters. The van der Waals surface area contributed by atoms with E-state index in [0.717, 1.165) is 22.1 Å². The van der Waals surface area contributed by atoms with Crippen LogP contribution >= 0.6 is 0 Å². The van der Waals surface area contributed by atoms with Crippen molar-refractivity contribution >= 4 is 10.8 Å². The van der Waals surface area contributed by atoms with Crippen LogP contribution in [0.1, 0.15) is 5.56 Å². The van der Waals surface area contributed by atoms with Crippen molar-refractivity contribution in [3.63, 3.8) is 0 Å². The number of rotatable bonds is 1. The summed E-state index contributed by atoms with van der Waals surface area (Å²) in [5.74, 6) is 1.14. The Hall–Kier alpha value is -1.70. The normalized spacial score (nSPS) is 10.4. The van der Waals surface area contributed by atoms with Crippen molar-refractivity contribution in [2.45, 2.75) is 6.92 Å². The Labute approximate surface area is 82.8 Å². The average Bonchev–Trinajstić information content (AvgIpc) is 2.20. The van der Waals surface area contributed by atoms with Crippen LogP contribution in [0.2, 0.25) is 0 Å². The molecule has 1 N–H and O–H groups in total. The zero-order valence-corrected chi connectivity index (χ0v) is 8.24. The number of benzene rings is 2. The van der Waals surface area contributed by atoms with Gasteiger partial charge in [0, 0.05) is 0 Å². The Morgan fingerprint density at radius 2 is 1.86 bits per heavy atom. The lowest BCUT2D eigenvalue weighted by atomic mass is 10.0. The molecular weight excluding hydrogens is 176 g/mol. The standard InChI is InChI=1S/C12H12O2/c1-8-11-7-10(13)5-3-9(11)4-6-12(8)14-2/h3-7,13H,1-2H3. The Balaban J connectivity index is 2.79. The van der Waals surface area contributed by atoms with Gasteiger partial charge in [-0.15, -0.1) is 0 Å². The minimum Gasteiger partial charge on any atom is -0.508 e. The van der Waals surface area contributed by atoms with Crippen molar-refractivity contribution in [3.05, 3.63) is 35.9 Å². The molecule has 0 aliphatic heterocycles. The number of methoxy groups -OCH3 is 1. The highest BCUT2D eigenvalue weighted by molar-refractivity contribution is 5.88. The third-order valence-corrected chi connectivity index (χ3v) is 2.44. The lowest BCUT2D eigenvalue weighted by Gasteiger charge is -2.08. The first-order valence-electron chi connectivity index (χ1n) is 4.48. The molecule has 0 fully saturated rings. The fraction of sp³-hybridized carbons (Fsp3) is 0.167. The highest BCUT2D eigenvalue weighted by atomic mass is 16.5. The number of fused-ring (bicyclic) bond motifs is 1. The summed E-state index contributed by atoms with van der Waals surface area (Å²) in [6, 6.07) is 9.27. The maximum atomic E-state index is 9.38. The predicted molar refractivity (Wildman–Crippen MR) is 56.9 cm³/mol. The first kappa shape index (κ1) is 8.88. The SMILES string of the molecule is COc1ccc2ccc(O)cc2c1C. The van der Waals surface area contributed by atoms with Gasteiger partial charge in [0.05, 0.1) is 7.11 Å². The van der Waals surface area contributed by atoms with E-state index in [2.05, 4.69) is 0 Å². The topological polar surface area (TPSA) is 29.5 Å². The molecular formula is C12H12O2. The van der Waals surface area contributed by atoms with Gasteiger partial charge in [-0.05, 0) is 41.5 Å². The van der Waals surface area contributed by atoms with E-state index in [0.29, 0.717) is 0 Å². The minimum atomic E-state index is 0.286. The molecule has 2 heteroatoms. The second kappa shape index (κ2) is 3.22. The van der Waals surface area contributed by atoms with E-state index in [1.165, 1.54) is 0 Å². The summed E-state index contributed by atoms with van der Waals surface area (Å²) < 4.78 is 5.21. The van der Waals surface area contributed by atoms with E-state index >= 15 is 0 Å².